The van der Waals surface area contributed by atoms with E-state index in [1.54, 1.807) is 0 Å². The molecule has 0 unspecified atom stereocenters. The number of nitriles is 1. The van der Waals surface area contributed by atoms with Crippen LogP contribution in [0.25, 0.3) is 0 Å². The Bertz CT molecular complexity index is 183. The minimum atomic E-state index is -4.41. The van der Waals surface area contributed by atoms with Gasteiger partial charge in [-0.2, -0.15) is 18.4 Å². The third kappa shape index (κ3) is 13.7. The van der Waals surface area contributed by atoms with Crippen molar-refractivity contribution in [2.45, 2.75) is 26.4 Å². The van der Waals surface area contributed by atoms with Crippen molar-refractivity contribution in [2.24, 2.45) is 0 Å². The molecule has 0 spiro atoms. The molecule has 0 atom stereocenters. The summed E-state index contributed by atoms with van der Waals surface area (Å²) in [4.78, 5) is 10.3. The van der Waals surface area contributed by atoms with Gasteiger partial charge in [-0.1, -0.05) is 13.8 Å². The molecule has 1 amide bonds. The molecule has 0 rings (SSSR count). The topological polar surface area (TPSA) is 52.9 Å². The van der Waals surface area contributed by atoms with Crippen LogP contribution in [0.15, 0.2) is 0 Å². The molecular formula is C7H11F3N2O. The van der Waals surface area contributed by atoms with Gasteiger partial charge in [0.15, 0.2) is 0 Å². The van der Waals surface area contributed by atoms with Gasteiger partial charge < -0.3 is 5.32 Å². The van der Waals surface area contributed by atoms with Crippen molar-refractivity contribution in [3.63, 3.8) is 0 Å². The average Bonchev–Trinajstić information content (AvgIpc) is 2.04. The molecule has 0 aliphatic carbocycles. The van der Waals surface area contributed by atoms with E-state index in [1.807, 2.05) is 13.8 Å². The monoisotopic (exact) mass is 196 g/mol. The van der Waals surface area contributed by atoms with Crippen LogP contribution in [0.1, 0.15) is 20.3 Å². The summed E-state index contributed by atoms with van der Waals surface area (Å²) >= 11 is 0. The fourth-order valence-corrected chi connectivity index (χ4v) is 0.333. The maximum absolute atomic E-state index is 11.4. The average molecular weight is 196 g/mol. The second-order valence-corrected chi connectivity index (χ2v) is 1.73. The van der Waals surface area contributed by atoms with Crippen LogP contribution in [0.4, 0.5) is 13.2 Å². The van der Waals surface area contributed by atoms with E-state index < -0.39 is 25.0 Å². The molecule has 0 aromatic rings. The molecule has 1 N–H and O–H groups in total. The van der Waals surface area contributed by atoms with E-state index >= 15 is 0 Å². The van der Waals surface area contributed by atoms with Crippen molar-refractivity contribution >= 4 is 5.91 Å². The lowest BCUT2D eigenvalue weighted by atomic mass is 10.4. The highest BCUT2D eigenvalue weighted by molar-refractivity contribution is 5.77. The van der Waals surface area contributed by atoms with E-state index in [-0.39, 0.29) is 0 Å². The highest BCUT2D eigenvalue weighted by Crippen LogP contribution is 2.11. The van der Waals surface area contributed by atoms with Crippen LogP contribution >= 0.6 is 0 Å². The molecule has 0 saturated heterocycles. The van der Waals surface area contributed by atoms with E-state index in [9.17, 15) is 18.0 Å². The van der Waals surface area contributed by atoms with E-state index in [0.29, 0.717) is 0 Å². The van der Waals surface area contributed by atoms with Gasteiger partial charge >= 0.3 is 6.18 Å². The third-order valence-electron chi connectivity index (χ3n) is 0.726. The number of hydrogen-bond acceptors (Lipinski definition) is 2. The first-order chi connectivity index (χ1) is 5.95. The van der Waals surface area contributed by atoms with Crippen LogP contribution in [-0.2, 0) is 4.79 Å². The minimum absolute atomic E-state index is 0.546. The Morgan fingerprint density at radius 3 is 2.23 bits per heavy atom. The van der Waals surface area contributed by atoms with Crippen LogP contribution in [0.3, 0.4) is 0 Å². The van der Waals surface area contributed by atoms with Crippen LogP contribution in [0.5, 0.6) is 0 Å². The molecule has 0 saturated carbocycles. The molecule has 13 heavy (non-hydrogen) atoms. The normalized spacial score (nSPS) is 9.23. The number of amides is 1. The zero-order chi connectivity index (χ0) is 10.9. The largest absolute Gasteiger partial charge is 0.405 e. The molecule has 0 fully saturated rings. The van der Waals surface area contributed by atoms with E-state index in [4.69, 9.17) is 5.26 Å². The fraction of sp³-hybridized carbons (Fsp3) is 0.714. The highest BCUT2D eigenvalue weighted by Gasteiger charge is 2.27. The molecule has 0 aliphatic heterocycles. The summed E-state index contributed by atoms with van der Waals surface area (Å²) in [5, 5.41) is 9.41. The van der Waals surface area contributed by atoms with Gasteiger partial charge in [0.25, 0.3) is 0 Å². The zero-order valence-electron chi connectivity index (χ0n) is 7.40. The lowest BCUT2D eigenvalue weighted by Crippen LogP contribution is -2.33. The smallest absolute Gasteiger partial charge is 0.346 e. The van der Waals surface area contributed by atoms with Gasteiger partial charge in [-0.05, 0) is 0 Å². The Balaban J connectivity index is 0. The SMILES string of the molecule is CC.N#CCC(=O)NCC(F)(F)F. The maximum atomic E-state index is 11.4. The summed E-state index contributed by atoms with van der Waals surface area (Å²) < 4.78 is 34.1. The number of carbonyl (C=O) groups is 1. The quantitative estimate of drug-likeness (QED) is 0.729. The van der Waals surface area contributed by atoms with Crippen molar-refractivity contribution < 1.29 is 18.0 Å². The lowest BCUT2D eigenvalue weighted by molar-refractivity contribution is -0.137. The Kier molecular flexibility index (Phi) is 8.13. The number of alkyl halides is 3. The first-order valence-corrected chi connectivity index (χ1v) is 3.66. The van der Waals surface area contributed by atoms with Gasteiger partial charge in [-0.25, -0.2) is 0 Å². The lowest BCUT2D eigenvalue weighted by Gasteiger charge is -2.05. The second-order valence-electron chi connectivity index (χ2n) is 1.73. The van der Waals surface area contributed by atoms with E-state index in [0.717, 1.165) is 0 Å². The molecule has 0 heterocycles. The predicted molar refractivity (Wildman–Crippen MR) is 40.6 cm³/mol. The van der Waals surface area contributed by atoms with Gasteiger partial charge in [0, 0.05) is 0 Å². The van der Waals surface area contributed by atoms with Crippen molar-refractivity contribution in [2.75, 3.05) is 6.54 Å². The minimum Gasteiger partial charge on any atom is -0.346 e. The Morgan fingerprint density at radius 1 is 1.46 bits per heavy atom. The standard InChI is InChI=1S/C5H5F3N2O.C2H6/c6-5(7,8)3-10-4(11)1-2-9;1-2/h1,3H2,(H,10,11);1-2H3. The zero-order valence-corrected chi connectivity index (χ0v) is 7.40. The summed E-state index contributed by atoms with van der Waals surface area (Å²) in [6, 6.07) is 1.42. The number of carbonyl (C=O) groups excluding carboxylic acids is 1. The molecule has 0 aromatic carbocycles. The molecule has 0 radical (unpaired) electrons. The highest BCUT2D eigenvalue weighted by atomic mass is 19.4. The Morgan fingerprint density at radius 2 is 1.92 bits per heavy atom. The first-order valence-electron chi connectivity index (χ1n) is 3.66. The van der Waals surface area contributed by atoms with Gasteiger partial charge in [-0.3, -0.25) is 4.79 Å². The molecule has 3 nitrogen and oxygen atoms in total. The van der Waals surface area contributed by atoms with Gasteiger partial charge in [-0.15, -0.1) is 0 Å². The maximum Gasteiger partial charge on any atom is 0.405 e. The number of halogens is 3. The third-order valence-corrected chi connectivity index (χ3v) is 0.726. The Labute approximate surface area is 74.5 Å². The van der Waals surface area contributed by atoms with Crippen LogP contribution < -0.4 is 5.32 Å². The van der Waals surface area contributed by atoms with Crippen molar-refractivity contribution in [1.82, 2.24) is 5.32 Å². The summed E-state index contributed by atoms with van der Waals surface area (Å²) in [6.45, 7) is 2.62. The Hall–Kier alpha value is -1.25. The predicted octanol–water partition coefficient (Wildman–Crippen LogP) is 1.60. The summed E-state index contributed by atoms with van der Waals surface area (Å²) in [7, 11) is 0. The molecule has 0 aromatic heterocycles. The van der Waals surface area contributed by atoms with Crippen molar-refractivity contribution in [1.29, 1.82) is 5.26 Å². The summed E-state index contributed by atoms with van der Waals surface area (Å²) in [5.74, 6) is -0.912. The van der Waals surface area contributed by atoms with Crippen LogP contribution in [0, 0.1) is 11.3 Å². The van der Waals surface area contributed by atoms with E-state index in [1.165, 1.54) is 11.4 Å². The number of hydrogen-bond donors (Lipinski definition) is 1. The molecular weight excluding hydrogens is 185 g/mol. The van der Waals surface area contributed by atoms with Gasteiger partial charge in [0.2, 0.25) is 5.91 Å². The molecule has 0 aliphatic rings. The first kappa shape index (κ1) is 14.3. The van der Waals surface area contributed by atoms with Crippen molar-refractivity contribution in [3.8, 4) is 6.07 Å². The second kappa shape index (κ2) is 7.40. The molecule has 76 valence electrons. The van der Waals surface area contributed by atoms with E-state index in [2.05, 4.69) is 0 Å². The van der Waals surface area contributed by atoms with Crippen LogP contribution in [0.2, 0.25) is 0 Å². The summed E-state index contributed by atoms with van der Waals surface area (Å²) in [5.41, 5.74) is 0. The fourth-order valence-electron chi connectivity index (χ4n) is 0.333. The molecule has 0 bridgehead atoms. The number of rotatable bonds is 2. The number of nitrogens with zero attached hydrogens (tertiary/aromatic N) is 1. The van der Waals surface area contributed by atoms with Gasteiger partial charge in [0.05, 0.1) is 6.07 Å². The van der Waals surface area contributed by atoms with Gasteiger partial charge in [0.1, 0.15) is 13.0 Å². The number of nitrogens with one attached hydrogen (secondary N) is 1. The molecule has 6 heteroatoms. The van der Waals surface area contributed by atoms with Crippen molar-refractivity contribution in [3.05, 3.63) is 0 Å². The summed E-state index contributed by atoms with van der Waals surface area (Å²) in [6.07, 6.45) is -4.96. The van der Waals surface area contributed by atoms with Crippen LogP contribution in [-0.4, -0.2) is 18.6 Å².